The van der Waals surface area contributed by atoms with Gasteiger partial charge in [0.1, 0.15) is 5.75 Å². The van der Waals surface area contributed by atoms with E-state index >= 15 is 0 Å². The Labute approximate surface area is 139 Å². The van der Waals surface area contributed by atoms with E-state index in [4.69, 9.17) is 22.1 Å². The van der Waals surface area contributed by atoms with Gasteiger partial charge in [-0.25, -0.2) is 8.42 Å². The molecule has 0 radical (unpaired) electrons. The highest BCUT2D eigenvalue weighted by molar-refractivity contribution is 7.92. The first-order chi connectivity index (χ1) is 10.8. The van der Waals surface area contributed by atoms with Crippen molar-refractivity contribution < 1.29 is 17.9 Å². The van der Waals surface area contributed by atoms with Crippen molar-refractivity contribution in [1.29, 1.82) is 0 Å². The Morgan fingerprint density at radius 3 is 2.43 bits per heavy atom. The van der Waals surface area contributed by atoms with Crippen LogP contribution in [0.1, 0.15) is 5.56 Å². The normalized spacial score (nSPS) is 11.0. The molecule has 0 aliphatic carbocycles. The second kappa shape index (κ2) is 6.89. The van der Waals surface area contributed by atoms with Crippen LogP contribution in [0.15, 0.2) is 47.4 Å². The maximum Gasteiger partial charge on any atom is 0.261 e. The SMILES string of the molecule is Cc1ccc(NS(=O)(=O)c2ccc(OCC(N)=O)c(Cl)c2)cc1. The van der Waals surface area contributed by atoms with Crippen LogP contribution in [0.4, 0.5) is 5.69 Å². The Balaban J connectivity index is 2.21. The highest BCUT2D eigenvalue weighted by Crippen LogP contribution is 2.28. The molecule has 0 aromatic heterocycles. The molecule has 0 aliphatic rings. The molecule has 3 N–H and O–H groups in total. The van der Waals surface area contributed by atoms with E-state index in [2.05, 4.69) is 4.72 Å². The molecule has 8 heteroatoms. The molecule has 0 fully saturated rings. The summed E-state index contributed by atoms with van der Waals surface area (Å²) in [6, 6.07) is 10.9. The number of amides is 1. The number of carbonyl (C=O) groups excluding carboxylic acids is 1. The number of aryl methyl sites for hydroxylation is 1. The number of primary amides is 1. The lowest BCUT2D eigenvalue weighted by Crippen LogP contribution is -2.20. The lowest BCUT2D eigenvalue weighted by Gasteiger charge is -2.11. The van der Waals surface area contributed by atoms with Gasteiger partial charge in [0.15, 0.2) is 6.61 Å². The first kappa shape index (κ1) is 17.1. The predicted molar refractivity (Wildman–Crippen MR) is 88.1 cm³/mol. The van der Waals surface area contributed by atoms with Gasteiger partial charge in [-0.3, -0.25) is 9.52 Å². The topological polar surface area (TPSA) is 98.5 Å². The minimum atomic E-state index is -3.78. The van der Waals surface area contributed by atoms with Crippen LogP contribution in [-0.4, -0.2) is 20.9 Å². The van der Waals surface area contributed by atoms with Crippen molar-refractivity contribution in [1.82, 2.24) is 0 Å². The minimum Gasteiger partial charge on any atom is -0.482 e. The summed E-state index contributed by atoms with van der Waals surface area (Å²) in [4.78, 5) is 10.7. The second-order valence-electron chi connectivity index (χ2n) is 4.82. The van der Waals surface area contributed by atoms with E-state index < -0.39 is 15.9 Å². The molecule has 0 atom stereocenters. The zero-order valence-electron chi connectivity index (χ0n) is 12.2. The van der Waals surface area contributed by atoms with Gasteiger partial charge in [-0.05, 0) is 37.3 Å². The number of anilines is 1. The fourth-order valence-corrected chi connectivity index (χ4v) is 3.13. The van der Waals surface area contributed by atoms with Crippen molar-refractivity contribution in [2.24, 2.45) is 5.73 Å². The summed E-state index contributed by atoms with van der Waals surface area (Å²) in [6.45, 7) is 1.57. The van der Waals surface area contributed by atoms with Crippen LogP contribution in [0.3, 0.4) is 0 Å². The molecule has 6 nitrogen and oxygen atoms in total. The predicted octanol–water partition coefficient (Wildman–Crippen LogP) is 2.31. The number of halogens is 1. The minimum absolute atomic E-state index is 0.0190. The zero-order chi connectivity index (χ0) is 17.0. The van der Waals surface area contributed by atoms with Crippen LogP contribution >= 0.6 is 11.6 Å². The van der Waals surface area contributed by atoms with E-state index in [1.54, 1.807) is 24.3 Å². The smallest absolute Gasteiger partial charge is 0.261 e. The van der Waals surface area contributed by atoms with E-state index in [0.717, 1.165) is 5.56 Å². The van der Waals surface area contributed by atoms with Crippen LogP contribution < -0.4 is 15.2 Å². The van der Waals surface area contributed by atoms with E-state index in [1.165, 1.54) is 18.2 Å². The van der Waals surface area contributed by atoms with E-state index in [9.17, 15) is 13.2 Å². The quantitative estimate of drug-likeness (QED) is 0.831. The molecule has 0 spiro atoms. The van der Waals surface area contributed by atoms with E-state index in [1.807, 2.05) is 6.92 Å². The zero-order valence-corrected chi connectivity index (χ0v) is 13.8. The molecular weight excluding hydrogens is 340 g/mol. The van der Waals surface area contributed by atoms with Gasteiger partial charge in [0, 0.05) is 5.69 Å². The number of rotatable bonds is 6. The first-order valence-electron chi connectivity index (χ1n) is 6.58. The van der Waals surface area contributed by atoms with Gasteiger partial charge in [0.25, 0.3) is 15.9 Å². The van der Waals surface area contributed by atoms with Crippen molar-refractivity contribution in [2.45, 2.75) is 11.8 Å². The summed E-state index contributed by atoms with van der Waals surface area (Å²) in [5.74, 6) is -0.474. The highest BCUT2D eigenvalue weighted by Gasteiger charge is 2.16. The summed E-state index contributed by atoms with van der Waals surface area (Å²) < 4.78 is 32.2. The molecular formula is C15H15ClN2O4S. The summed E-state index contributed by atoms with van der Waals surface area (Å²) in [6.07, 6.45) is 0. The highest BCUT2D eigenvalue weighted by atomic mass is 35.5. The van der Waals surface area contributed by atoms with Gasteiger partial charge in [0.2, 0.25) is 0 Å². The summed E-state index contributed by atoms with van der Waals surface area (Å²) in [5.41, 5.74) is 6.44. The number of carbonyl (C=O) groups is 1. The number of hydrogen-bond acceptors (Lipinski definition) is 4. The third kappa shape index (κ3) is 4.61. The van der Waals surface area contributed by atoms with Gasteiger partial charge in [0.05, 0.1) is 9.92 Å². The Morgan fingerprint density at radius 2 is 1.87 bits per heavy atom. The molecule has 0 aliphatic heterocycles. The van der Waals surface area contributed by atoms with Crippen LogP contribution in [0.25, 0.3) is 0 Å². The number of hydrogen-bond donors (Lipinski definition) is 2. The fraction of sp³-hybridized carbons (Fsp3) is 0.133. The Bertz CT molecular complexity index is 820. The number of nitrogens with two attached hydrogens (primary N) is 1. The molecule has 0 saturated carbocycles. The van der Waals surface area contributed by atoms with Crippen molar-refractivity contribution in [3.63, 3.8) is 0 Å². The van der Waals surface area contributed by atoms with Gasteiger partial charge in [-0.2, -0.15) is 0 Å². The van der Waals surface area contributed by atoms with Crippen LogP contribution in [-0.2, 0) is 14.8 Å². The largest absolute Gasteiger partial charge is 0.482 e. The Hall–Kier alpha value is -2.25. The number of benzene rings is 2. The molecule has 122 valence electrons. The monoisotopic (exact) mass is 354 g/mol. The number of ether oxygens (including phenoxy) is 1. The number of sulfonamides is 1. The maximum atomic E-state index is 12.3. The van der Waals surface area contributed by atoms with Crippen molar-refractivity contribution >= 4 is 33.2 Å². The number of nitrogens with one attached hydrogen (secondary N) is 1. The van der Waals surface area contributed by atoms with Gasteiger partial charge in [-0.1, -0.05) is 29.3 Å². The van der Waals surface area contributed by atoms with Crippen LogP contribution in [0.2, 0.25) is 5.02 Å². The molecule has 2 aromatic carbocycles. The second-order valence-corrected chi connectivity index (χ2v) is 6.91. The fourth-order valence-electron chi connectivity index (χ4n) is 1.75. The Morgan fingerprint density at radius 1 is 1.22 bits per heavy atom. The first-order valence-corrected chi connectivity index (χ1v) is 8.44. The molecule has 2 aromatic rings. The van der Waals surface area contributed by atoms with Gasteiger partial charge < -0.3 is 10.5 Å². The molecule has 23 heavy (non-hydrogen) atoms. The molecule has 0 heterocycles. The summed E-state index contributed by atoms with van der Waals surface area (Å²) in [5, 5.41) is 0.0676. The third-order valence-corrected chi connectivity index (χ3v) is 4.56. The van der Waals surface area contributed by atoms with E-state index in [-0.39, 0.29) is 22.3 Å². The summed E-state index contributed by atoms with van der Waals surface area (Å²) >= 11 is 5.97. The molecule has 0 bridgehead atoms. The van der Waals surface area contributed by atoms with Crippen molar-refractivity contribution in [3.8, 4) is 5.75 Å². The average molecular weight is 355 g/mol. The molecule has 0 saturated heterocycles. The molecule has 1 amide bonds. The van der Waals surface area contributed by atoms with Crippen molar-refractivity contribution in [2.75, 3.05) is 11.3 Å². The van der Waals surface area contributed by atoms with Crippen molar-refractivity contribution in [3.05, 3.63) is 53.1 Å². The Kier molecular flexibility index (Phi) is 5.12. The van der Waals surface area contributed by atoms with Crippen LogP contribution in [0, 0.1) is 6.92 Å². The van der Waals surface area contributed by atoms with Gasteiger partial charge in [-0.15, -0.1) is 0 Å². The third-order valence-electron chi connectivity index (χ3n) is 2.89. The van der Waals surface area contributed by atoms with Gasteiger partial charge >= 0.3 is 0 Å². The molecule has 2 rings (SSSR count). The molecule has 0 unspecified atom stereocenters. The van der Waals surface area contributed by atoms with E-state index in [0.29, 0.717) is 5.69 Å². The lowest BCUT2D eigenvalue weighted by molar-refractivity contribution is -0.119. The van der Waals surface area contributed by atoms with Crippen LogP contribution in [0.5, 0.6) is 5.75 Å². The standard InChI is InChI=1S/C15H15ClN2O4S/c1-10-2-4-11(5-3-10)18-23(20,21)12-6-7-14(13(16)8-12)22-9-15(17)19/h2-8,18H,9H2,1H3,(H2,17,19). The maximum absolute atomic E-state index is 12.3. The summed E-state index contributed by atoms with van der Waals surface area (Å²) in [7, 11) is -3.78. The lowest BCUT2D eigenvalue weighted by atomic mass is 10.2. The average Bonchev–Trinajstić information content (AvgIpc) is 2.48.